The van der Waals surface area contributed by atoms with Crippen LogP contribution in [0, 0.1) is 0 Å². The van der Waals surface area contributed by atoms with Crippen molar-refractivity contribution in [1.82, 2.24) is 15.4 Å². The van der Waals surface area contributed by atoms with Crippen molar-refractivity contribution < 1.29 is 32.3 Å². The molecule has 3 rings (SSSR count). The summed E-state index contributed by atoms with van der Waals surface area (Å²) in [5.41, 5.74) is 0.0828. The molecule has 3 N–H and O–H groups in total. The van der Waals surface area contributed by atoms with Crippen LogP contribution in [0.4, 0.5) is 4.79 Å². The van der Waals surface area contributed by atoms with Crippen LogP contribution in [0.3, 0.4) is 0 Å². The van der Waals surface area contributed by atoms with Crippen LogP contribution >= 0.6 is 0 Å². The summed E-state index contributed by atoms with van der Waals surface area (Å²) in [5, 5.41) is 4.94. The van der Waals surface area contributed by atoms with E-state index in [9.17, 15) is 22.8 Å². The highest BCUT2D eigenvalue weighted by atomic mass is 32.2. The van der Waals surface area contributed by atoms with Crippen LogP contribution in [-0.4, -0.2) is 57.7 Å². The fourth-order valence-corrected chi connectivity index (χ4v) is 4.89. The number of hydrogen-bond acceptors (Lipinski definition) is 7. The average molecular weight is 482 g/mol. The summed E-state index contributed by atoms with van der Waals surface area (Å²) in [7, 11) is -3.74. The summed E-state index contributed by atoms with van der Waals surface area (Å²) in [6.45, 7) is 2.17. The molecule has 33 heavy (non-hydrogen) atoms. The molecule has 182 valence electrons. The smallest absolute Gasteiger partial charge is 0.338 e. The van der Waals surface area contributed by atoms with Crippen molar-refractivity contribution in [2.75, 3.05) is 13.2 Å². The lowest BCUT2D eigenvalue weighted by atomic mass is 9.96. The highest BCUT2D eigenvalue weighted by Gasteiger charge is 2.24. The van der Waals surface area contributed by atoms with E-state index in [0.717, 1.165) is 44.9 Å². The van der Waals surface area contributed by atoms with Crippen molar-refractivity contribution in [3.05, 3.63) is 29.8 Å². The summed E-state index contributed by atoms with van der Waals surface area (Å²) in [5.74, 6) is -1.55. The Labute approximate surface area is 193 Å². The van der Waals surface area contributed by atoms with Crippen molar-refractivity contribution in [3.8, 4) is 0 Å². The van der Waals surface area contributed by atoms with Gasteiger partial charge in [0.2, 0.25) is 10.0 Å². The normalized spacial score (nSPS) is 20.1. The molecule has 0 spiro atoms. The van der Waals surface area contributed by atoms with Gasteiger partial charge in [0.25, 0.3) is 5.91 Å². The van der Waals surface area contributed by atoms with Gasteiger partial charge in [-0.05, 0) is 56.9 Å². The van der Waals surface area contributed by atoms with E-state index >= 15 is 0 Å². The first-order chi connectivity index (χ1) is 15.7. The lowest BCUT2D eigenvalue weighted by Gasteiger charge is -2.23. The molecule has 2 fully saturated rings. The van der Waals surface area contributed by atoms with E-state index in [0.29, 0.717) is 6.61 Å². The van der Waals surface area contributed by atoms with E-state index in [2.05, 4.69) is 15.4 Å². The van der Waals surface area contributed by atoms with Crippen molar-refractivity contribution in [2.24, 2.45) is 0 Å². The Balaban J connectivity index is 1.47. The van der Waals surface area contributed by atoms with Crippen LogP contribution in [0.5, 0.6) is 0 Å². The zero-order chi connectivity index (χ0) is 23.8. The molecular weight excluding hydrogens is 450 g/mol. The molecule has 2 unspecified atom stereocenters. The number of carbonyl (C=O) groups excluding carboxylic acids is 3. The lowest BCUT2D eigenvalue weighted by Crippen LogP contribution is -2.48. The minimum Gasteiger partial charge on any atom is -0.449 e. The van der Waals surface area contributed by atoms with E-state index in [4.69, 9.17) is 9.47 Å². The molecule has 0 radical (unpaired) electrons. The van der Waals surface area contributed by atoms with Gasteiger partial charge in [0.15, 0.2) is 6.10 Å². The summed E-state index contributed by atoms with van der Waals surface area (Å²) < 4.78 is 37.8. The first-order valence-corrected chi connectivity index (χ1v) is 12.8. The van der Waals surface area contributed by atoms with Gasteiger partial charge in [0.05, 0.1) is 16.6 Å². The Morgan fingerprint density at radius 3 is 2.39 bits per heavy atom. The first-order valence-electron chi connectivity index (χ1n) is 11.3. The number of hydrogen-bond donors (Lipinski definition) is 3. The largest absolute Gasteiger partial charge is 0.449 e. The number of imide groups is 1. The van der Waals surface area contributed by atoms with Gasteiger partial charge in [-0.25, -0.2) is 22.7 Å². The molecule has 1 aromatic rings. The first kappa shape index (κ1) is 25.1. The zero-order valence-corrected chi connectivity index (χ0v) is 19.5. The average Bonchev–Trinajstić information content (AvgIpc) is 3.32. The molecule has 3 amide bonds. The van der Waals surface area contributed by atoms with Gasteiger partial charge in [0.1, 0.15) is 0 Å². The predicted octanol–water partition coefficient (Wildman–Crippen LogP) is 1.85. The fourth-order valence-electron chi connectivity index (χ4n) is 3.83. The van der Waals surface area contributed by atoms with Crippen molar-refractivity contribution in [3.63, 3.8) is 0 Å². The molecule has 1 aliphatic heterocycles. The standard InChI is InChI=1S/C22H31N3O7S/c1-15(20(26)25-22(28)24-17-6-3-2-4-7-17)32-21(27)16-9-11-19(12-10-16)33(29,30)23-14-18-8-5-13-31-18/h9-12,15,17-18,23H,2-8,13-14H2,1H3,(H2,24,25,26,28). The number of esters is 1. The quantitative estimate of drug-likeness (QED) is 0.481. The van der Waals surface area contributed by atoms with Crippen LogP contribution in [0.2, 0.25) is 0 Å². The number of nitrogens with one attached hydrogen (secondary N) is 3. The molecular formula is C22H31N3O7S. The Hall–Kier alpha value is -2.50. The van der Waals surface area contributed by atoms with Crippen LogP contribution < -0.4 is 15.4 Å². The molecule has 11 heteroatoms. The van der Waals surface area contributed by atoms with E-state index in [1.165, 1.54) is 31.2 Å². The highest BCUT2D eigenvalue weighted by molar-refractivity contribution is 7.89. The molecule has 1 saturated heterocycles. The number of urea groups is 1. The molecule has 2 aliphatic rings. The van der Waals surface area contributed by atoms with E-state index in [1.54, 1.807) is 0 Å². The van der Waals surface area contributed by atoms with Gasteiger partial charge in [-0.3, -0.25) is 10.1 Å². The molecule has 1 aliphatic carbocycles. The van der Waals surface area contributed by atoms with E-state index < -0.39 is 34.0 Å². The van der Waals surface area contributed by atoms with Gasteiger partial charge in [-0.1, -0.05) is 19.3 Å². The molecule has 1 saturated carbocycles. The number of rotatable bonds is 8. The Bertz CT molecular complexity index is 937. The molecule has 0 aromatic heterocycles. The molecule has 0 bridgehead atoms. The minimum absolute atomic E-state index is 0.00206. The number of ether oxygens (including phenoxy) is 2. The minimum atomic E-state index is -3.74. The Morgan fingerprint density at radius 1 is 1.06 bits per heavy atom. The van der Waals surface area contributed by atoms with Crippen LogP contribution in [0.15, 0.2) is 29.2 Å². The number of amides is 3. The van der Waals surface area contributed by atoms with Crippen LogP contribution in [0.25, 0.3) is 0 Å². The summed E-state index contributed by atoms with van der Waals surface area (Å²) in [4.78, 5) is 36.5. The van der Waals surface area contributed by atoms with Crippen LogP contribution in [-0.2, 0) is 24.3 Å². The maximum absolute atomic E-state index is 12.4. The fraction of sp³-hybridized carbons (Fsp3) is 0.591. The maximum Gasteiger partial charge on any atom is 0.338 e. The van der Waals surface area contributed by atoms with Crippen molar-refractivity contribution >= 4 is 27.9 Å². The van der Waals surface area contributed by atoms with Gasteiger partial charge in [-0.2, -0.15) is 0 Å². The third-order valence-electron chi connectivity index (χ3n) is 5.76. The second-order valence-corrected chi connectivity index (χ2v) is 10.1. The number of sulfonamides is 1. The molecule has 1 aromatic carbocycles. The third-order valence-corrected chi connectivity index (χ3v) is 7.19. The lowest BCUT2D eigenvalue weighted by molar-refractivity contribution is -0.127. The van der Waals surface area contributed by atoms with Crippen molar-refractivity contribution in [1.29, 1.82) is 0 Å². The van der Waals surface area contributed by atoms with E-state index in [-0.39, 0.29) is 29.1 Å². The predicted molar refractivity (Wildman–Crippen MR) is 119 cm³/mol. The van der Waals surface area contributed by atoms with E-state index in [1.807, 2.05) is 0 Å². The second kappa shape index (κ2) is 11.6. The molecule has 10 nitrogen and oxygen atoms in total. The zero-order valence-electron chi connectivity index (χ0n) is 18.7. The highest BCUT2D eigenvalue weighted by Crippen LogP contribution is 2.17. The third kappa shape index (κ3) is 7.51. The van der Waals surface area contributed by atoms with Crippen LogP contribution in [0.1, 0.15) is 62.2 Å². The summed E-state index contributed by atoms with van der Waals surface area (Å²) >= 11 is 0. The SMILES string of the molecule is CC(OC(=O)c1ccc(S(=O)(=O)NCC2CCCO2)cc1)C(=O)NC(=O)NC1CCCCC1. The molecule has 2 atom stereocenters. The van der Waals surface area contributed by atoms with Gasteiger partial charge in [-0.15, -0.1) is 0 Å². The maximum atomic E-state index is 12.4. The van der Waals surface area contributed by atoms with Gasteiger partial charge < -0.3 is 14.8 Å². The summed E-state index contributed by atoms with van der Waals surface area (Å²) in [6.07, 6.45) is 5.36. The summed E-state index contributed by atoms with van der Waals surface area (Å²) in [6, 6.07) is 4.62. The van der Waals surface area contributed by atoms with Crippen molar-refractivity contribution in [2.45, 2.75) is 75.0 Å². The number of benzene rings is 1. The van der Waals surface area contributed by atoms with Gasteiger partial charge >= 0.3 is 12.0 Å². The monoisotopic (exact) mass is 481 g/mol. The second-order valence-electron chi connectivity index (χ2n) is 8.36. The number of carbonyl (C=O) groups is 3. The topological polar surface area (TPSA) is 140 Å². The Morgan fingerprint density at radius 2 is 1.76 bits per heavy atom. The molecule has 1 heterocycles. The Kier molecular flexibility index (Phi) is 8.81. The van der Waals surface area contributed by atoms with Gasteiger partial charge in [0, 0.05) is 19.2 Å².